The fraction of sp³-hybridized carbons (Fsp3) is 1.00. The number of nitrogens with one attached hydrogen (secondary N) is 1. The summed E-state index contributed by atoms with van der Waals surface area (Å²) in [4.78, 5) is 2.64. The molecular weight excluding hydrogens is 160 g/mol. The highest BCUT2D eigenvalue weighted by Crippen LogP contribution is 2.28. The lowest BCUT2D eigenvalue weighted by molar-refractivity contribution is 0.198. The molecule has 1 saturated carbocycles. The Hall–Kier alpha value is -0.0800. The van der Waals surface area contributed by atoms with Gasteiger partial charge in [-0.1, -0.05) is 6.92 Å². The van der Waals surface area contributed by atoms with Crippen LogP contribution < -0.4 is 5.32 Å². The molecule has 0 saturated heterocycles. The largest absolute Gasteiger partial charge is 0.314 e. The predicted octanol–water partition coefficient (Wildman–Crippen LogP) is 1.86. The van der Waals surface area contributed by atoms with Gasteiger partial charge >= 0.3 is 0 Å². The van der Waals surface area contributed by atoms with Crippen molar-refractivity contribution >= 4 is 0 Å². The third-order valence-electron chi connectivity index (χ3n) is 2.85. The highest BCUT2D eigenvalue weighted by Gasteiger charge is 2.31. The van der Waals surface area contributed by atoms with Crippen molar-refractivity contribution < 1.29 is 0 Å². The minimum Gasteiger partial charge on any atom is -0.314 e. The van der Waals surface area contributed by atoms with Crippen LogP contribution in [0.15, 0.2) is 0 Å². The summed E-state index contributed by atoms with van der Waals surface area (Å²) in [5.74, 6) is 0. The van der Waals surface area contributed by atoms with Crippen LogP contribution in [0.4, 0.5) is 0 Å². The summed E-state index contributed by atoms with van der Waals surface area (Å²) < 4.78 is 0. The molecule has 1 fully saturated rings. The number of rotatable bonds is 6. The summed E-state index contributed by atoms with van der Waals surface area (Å²) in [7, 11) is 2.05. The van der Waals surface area contributed by atoms with Gasteiger partial charge in [-0.05, 0) is 46.7 Å². The van der Waals surface area contributed by atoms with Gasteiger partial charge in [0, 0.05) is 18.1 Å². The minimum absolute atomic E-state index is 0.262. The van der Waals surface area contributed by atoms with Crippen molar-refractivity contribution in [2.45, 2.75) is 51.6 Å². The third-order valence-corrected chi connectivity index (χ3v) is 2.85. The van der Waals surface area contributed by atoms with Gasteiger partial charge in [0.2, 0.25) is 0 Å². The van der Waals surface area contributed by atoms with Crippen LogP contribution in [0.25, 0.3) is 0 Å². The molecule has 0 atom stereocenters. The lowest BCUT2D eigenvalue weighted by Gasteiger charge is -2.32. The van der Waals surface area contributed by atoms with Crippen LogP contribution in [0.3, 0.4) is 0 Å². The zero-order chi connectivity index (χ0) is 9.90. The van der Waals surface area contributed by atoms with Crippen molar-refractivity contribution in [2.24, 2.45) is 0 Å². The fourth-order valence-corrected chi connectivity index (χ4v) is 1.70. The topological polar surface area (TPSA) is 15.3 Å². The van der Waals surface area contributed by atoms with Gasteiger partial charge in [0.1, 0.15) is 0 Å². The Morgan fingerprint density at radius 3 is 2.38 bits per heavy atom. The molecule has 2 nitrogen and oxygen atoms in total. The molecule has 0 aliphatic heterocycles. The molecule has 0 aromatic carbocycles. The molecule has 1 N–H and O–H groups in total. The van der Waals surface area contributed by atoms with Gasteiger partial charge < -0.3 is 5.32 Å². The Bertz CT molecular complexity index is 150. The Morgan fingerprint density at radius 2 is 2.00 bits per heavy atom. The Balaban J connectivity index is 2.36. The van der Waals surface area contributed by atoms with Crippen molar-refractivity contribution in [3.63, 3.8) is 0 Å². The van der Waals surface area contributed by atoms with Crippen molar-refractivity contribution in [1.82, 2.24) is 10.2 Å². The maximum absolute atomic E-state index is 3.37. The molecule has 0 unspecified atom stereocenters. The van der Waals surface area contributed by atoms with E-state index in [9.17, 15) is 0 Å². The smallest absolute Gasteiger partial charge is 0.0249 e. The van der Waals surface area contributed by atoms with Crippen molar-refractivity contribution in [2.75, 3.05) is 20.1 Å². The maximum atomic E-state index is 3.37. The van der Waals surface area contributed by atoms with Crippen LogP contribution in [0, 0.1) is 0 Å². The van der Waals surface area contributed by atoms with Crippen molar-refractivity contribution in [3.05, 3.63) is 0 Å². The first-order valence-electron chi connectivity index (χ1n) is 5.52. The van der Waals surface area contributed by atoms with Crippen LogP contribution in [0.5, 0.6) is 0 Å². The number of likely N-dealkylation sites (N-methyl/N-ethyl adjacent to an activating group) is 1. The SMILES string of the molecule is CCCN(CC(C)(C)NC)C1CC1. The van der Waals surface area contributed by atoms with Crippen LogP contribution in [0.2, 0.25) is 0 Å². The second-order valence-corrected chi connectivity index (χ2v) is 4.84. The molecule has 0 aromatic heterocycles. The molecule has 13 heavy (non-hydrogen) atoms. The highest BCUT2D eigenvalue weighted by atomic mass is 15.2. The Morgan fingerprint density at radius 1 is 1.38 bits per heavy atom. The first kappa shape index (κ1) is 11.0. The molecular formula is C11H24N2. The average molecular weight is 184 g/mol. The van der Waals surface area contributed by atoms with E-state index in [0.717, 1.165) is 6.04 Å². The average Bonchev–Trinajstić information content (AvgIpc) is 2.86. The summed E-state index contributed by atoms with van der Waals surface area (Å²) in [6, 6.07) is 0.896. The molecule has 78 valence electrons. The molecule has 0 aromatic rings. The van der Waals surface area contributed by atoms with Crippen LogP contribution in [-0.4, -0.2) is 36.6 Å². The Labute approximate surface area is 82.7 Å². The lowest BCUT2D eigenvalue weighted by Crippen LogP contribution is -2.48. The lowest BCUT2D eigenvalue weighted by atomic mass is 10.1. The molecule has 1 aliphatic rings. The van der Waals surface area contributed by atoms with E-state index in [1.54, 1.807) is 0 Å². The monoisotopic (exact) mass is 184 g/mol. The van der Waals surface area contributed by atoms with E-state index in [2.05, 4.69) is 38.0 Å². The molecule has 0 amide bonds. The number of nitrogens with zero attached hydrogens (tertiary/aromatic N) is 1. The summed E-state index contributed by atoms with van der Waals surface area (Å²) >= 11 is 0. The van der Waals surface area contributed by atoms with E-state index in [0.29, 0.717) is 0 Å². The normalized spacial score (nSPS) is 18.2. The Kier molecular flexibility index (Phi) is 3.74. The van der Waals surface area contributed by atoms with Crippen LogP contribution in [0.1, 0.15) is 40.0 Å². The zero-order valence-electron chi connectivity index (χ0n) is 9.56. The van der Waals surface area contributed by atoms with Gasteiger partial charge in [-0.2, -0.15) is 0 Å². The molecule has 2 heteroatoms. The van der Waals surface area contributed by atoms with E-state index < -0.39 is 0 Å². The standard InChI is InChI=1S/C11H24N2/c1-5-8-13(10-6-7-10)9-11(2,3)12-4/h10,12H,5-9H2,1-4H3. The second-order valence-electron chi connectivity index (χ2n) is 4.84. The van der Waals surface area contributed by atoms with Gasteiger partial charge in [0.15, 0.2) is 0 Å². The van der Waals surface area contributed by atoms with E-state index >= 15 is 0 Å². The van der Waals surface area contributed by atoms with E-state index in [1.807, 2.05) is 0 Å². The van der Waals surface area contributed by atoms with E-state index in [1.165, 1.54) is 32.4 Å². The van der Waals surface area contributed by atoms with Gasteiger partial charge in [-0.3, -0.25) is 4.90 Å². The third kappa shape index (κ3) is 3.65. The molecule has 0 radical (unpaired) electrons. The van der Waals surface area contributed by atoms with E-state index in [-0.39, 0.29) is 5.54 Å². The molecule has 0 heterocycles. The molecule has 0 bridgehead atoms. The van der Waals surface area contributed by atoms with Gasteiger partial charge in [0.25, 0.3) is 0 Å². The number of hydrogen-bond acceptors (Lipinski definition) is 2. The molecule has 0 spiro atoms. The van der Waals surface area contributed by atoms with Gasteiger partial charge in [-0.25, -0.2) is 0 Å². The van der Waals surface area contributed by atoms with Crippen LogP contribution >= 0.6 is 0 Å². The first-order valence-corrected chi connectivity index (χ1v) is 5.52. The van der Waals surface area contributed by atoms with Gasteiger partial charge in [-0.15, -0.1) is 0 Å². The highest BCUT2D eigenvalue weighted by molar-refractivity contribution is 4.89. The summed E-state index contributed by atoms with van der Waals surface area (Å²) in [6.45, 7) is 9.26. The predicted molar refractivity (Wildman–Crippen MR) is 58.0 cm³/mol. The molecule has 1 rings (SSSR count). The maximum Gasteiger partial charge on any atom is 0.0249 e. The summed E-state index contributed by atoms with van der Waals surface area (Å²) in [6.07, 6.45) is 4.11. The van der Waals surface area contributed by atoms with Crippen molar-refractivity contribution in [3.8, 4) is 0 Å². The minimum atomic E-state index is 0.262. The van der Waals surface area contributed by atoms with Crippen LogP contribution in [-0.2, 0) is 0 Å². The fourth-order valence-electron chi connectivity index (χ4n) is 1.70. The van der Waals surface area contributed by atoms with E-state index in [4.69, 9.17) is 0 Å². The molecule has 1 aliphatic carbocycles. The first-order chi connectivity index (χ1) is 6.09. The summed E-state index contributed by atoms with van der Waals surface area (Å²) in [5, 5.41) is 3.37. The van der Waals surface area contributed by atoms with Gasteiger partial charge in [0.05, 0.1) is 0 Å². The number of hydrogen-bond donors (Lipinski definition) is 1. The second kappa shape index (κ2) is 4.43. The quantitative estimate of drug-likeness (QED) is 0.678. The van der Waals surface area contributed by atoms with Crippen molar-refractivity contribution in [1.29, 1.82) is 0 Å². The zero-order valence-corrected chi connectivity index (χ0v) is 9.56. The summed E-state index contributed by atoms with van der Waals surface area (Å²) in [5.41, 5.74) is 0.262.